The van der Waals surface area contributed by atoms with Crippen LogP contribution in [0.5, 0.6) is 0 Å². The van der Waals surface area contributed by atoms with Crippen molar-refractivity contribution in [2.24, 2.45) is 0 Å². The largest absolute Gasteiger partial charge is 0.368 e. The molecule has 0 saturated carbocycles. The minimum absolute atomic E-state index is 0.00462. The number of nitrogens with zero attached hydrogens (tertiary/aromatic N) is 9. The van der Waals surface area contributed by atoms with Crippen molar-refractivity contribution in [2.45, 2.75) is 26.2 Å². The Balaban J connectivity index is 1.39. The second-order valence-corrected chi connectivity index (χ2v) is 6.79. The number of hydrogen-bond donors (Lipinski definition) is 9. The normalized spacial score (nSPS) is 10.5. The average molecular weight is 490 g/mol. The molecule has 188 valence electrons. The van der Waals surface area contributed by atoms with Gasteiger partial charge >= 0.3 is 6.03 Å². The Bertz CT molecular complexity index is 1090. The SMILES string of the molecule is CNNc1nc(N)n(-c2nnc(Nc3n[nH]c(NNC(=O)NCCCCCNC(C)=O)n3)nn2)n1. The molecule has 3 aromatic heterocycles. The van der Waals surface area contributed by atoms with Crippen LogP contribution in [-0.4, -0.2) is 82.4 Å². The van der Waals surface area contributed by atoms with Gasteiger partial charge in [-0.15, -0.1) is 30.6 Å². The third-order valence-corrected chi connectivity index (χ3v) is 4.04. The maximum absolute atomic E-state index is 11.8. The molecule has 20 nitrogen and oxygen atoms in total. The maximum atomic E-state index is 11.8. The van der Waals surface area contributed by atoms with E-state index in [1.807, 2.05) is 0 Å². The first kappa shape index (κ1) is 24.8. The van der Waals surface area contributed by atoms with Gasteiger partial charge in [0, 0.05) is 27.1 Å². The number of carbonyl (C=O) groups excluding carboxylic acids is 2. The van der Waals surface area contributed by atoms with E-state index in [0.717, 1.165) is 23.9 Å². The fraction of sp³-hybridized carbons (Fsp3) is 0.467. The average Bonchev–Trinajstić information content (AvgIpc) is 3.43. The lowest BCUT2D eigenvalue weighted by Crippen LogP contribution is -2.39. The summed E-state index contributed by atoms with van der Waals surface area (Å²) < 4.78 is 1.15. The molecule has 3 heterocycles. The quantitative estimate of drug-likeness (QED) is 0.0905. The molecule has 0 bridgehead atoms. The van der Waals surface area contributed by atoms with E-state index in [1.165, 1.54) is 6.92 Å². The molecule has 0 saturated heterocycles. The number of unbranched alkanes of at least 4 members (excludes halogenated alkanes) is 2. The van der Waals surface area contributed by atoms with E-state index in [4.69, 9.17) is 5.73 Å². The van der Waals surface area contributed by atoms with Gasteiger partial charge < -0.3 is 16.4 Å². The summed E-state index contributed by atoms with van der Waals surface area (Å²) in [5, 5.41) is 34.2. The van der Waals surface area contributed by atoms with Crippen molar-refractivity contribution in [1.82, 2.24) is 71.8 Å². The number of carbonyl (C=O) groups is 2. The van der Waals surface area contributed by atoms with Gasteiger partial charge in [0.1, 0.15) is 0 Å². The third-order valence-electron chi connectivity index (χ3n) is 4.04. The van der Waals surface area contributed by atoms with E-state index in [0.29, 0.717) is 13.1 Å². The standard InChI is InChI=1S/C15H26N18O2/c1-8(34)18-6-4-3-5-7-19-15(35)31-28-11-21-10(24-25-11)22-12-26-29-14(30-27-12)33-9(16)20-13(32-33)23-17-2/h17H,3-7H2,1-2H3,(H,18,34)(H2,19,31,35)(H3,16,20,23,32)(H3,21,22,24,25,26,27,28). The Hall–Kier alpha value is -4.88. The Labute approximate surface area is 198 Å². The zero-order chi connectivity index (χ0) is 25.0. The minimum Gasteiger partial charge on any atom is -0.368 e. The van der Waals surface area contributed by atoms with Crippen LogP contribution in [0.4, 0.5) is 34.5 Å². The van der Waals surface area contributed by atoms with Crippen LogP contribution in [0.1, 0.15) is 26.2 Å². The molecular weight excluding hydrogens is 464 g/mol. The van der Waals surface area contributed by atoms with Crippen molar-refractivity contribution in [1.29, 1.82) is 0 Å². The van der Waals surface area contributed by atoms with E-state index in [1.54, 1.807) is 7.05 Å². The van der Waals surface area contributed by atoms with Gasteiger partial charge in [-0.05, 0) is 19.3 Å². The van der Waals surface area contributed by atoms with Gasteiger partial charge in [0.15, 0.2) is 0 Å². The highest BCUT2D eigenvalue weighted by atomic mass is 16.2. The highest BCUT2D eigenvalue weighted by molar-refractivity contribution is 5.75. The predicted octanol–water partition coefficient (Wildman–Crippen LogP) is -2.23. The number of H-pyrrole nitrogens is 1. The second-order valence-electron chi connectivity index (χ2n) is 6.79. The topological polar surface area (TPSA) is 268 Å². The van der Waals surface area contributed by atoms with Crippen molar-refractivity contribution >= 4 is 41.7 Å². The fourth-order valence-corrected chi connectivity index (χ4v) is 2.52. The molecule has 0 aliphatic carbocycles. The second kappa shape index (κ2) is 12.4. The zero-order valence-electron chi connectivity index (χ0n) is 19.0. The summed E-state index contributed by atoms with van der Waals surface area (Å²) in [5.74, 6) is 0.485. The lowest BCUT2D eigenvalue weighted by atomic mass is 10.2. The zero-order valence-corrected chi connectivity index (χ0v) is 19.0. The molecule has 0 spiro atoms. The number of hydrazine groups is 2. The van der Waals surface area contributed by atoms with Gasteiger partial charge in [0.2, 0.25) is 17.8 Å². The number of anilines is 5. The number of nitrogens with two attached hydrogens (primary N) is 1. The van der Waals surface area contributed by atoms with E-state index >= 15 is 0 Å². The number of aromatic nitrogens is 10. The first-order chi connectivity index (χ1) is 16.9. The first-order valence-corrected chi connectivity index (χ1v) is 10.4. The molecule has 3 aromatic rings. The van der Waals surface area contributed by atoms with Crippen molar-refractivity contribution in [3.63, 3.8) is 0 Å². The molecule has 0 aliphatic rings. The molecule has 20 heteroatoms. The Morgan fingerprint density at radius 2 is 1.69 bits per heavy atom. The van der Waals surface area contributed by atoms with E-state index in [-0.39, 0.29) is 41.6 Å². The fourth-order valence-electron chi connectivity index (χ4n) is 2.52. The summed E-state index contributed by atoms with van der Waals surface area (Å²) in [5.41, 5.74) is 16.1. The van der Waals surface area contributed by atoms with Crippen LogP contribution in [0.2, 0.25) is 0 Å². The van der Waals surface area contributed by atoms with Crippen LogP contribution in [0.25, 0.3) is 5.95 Å². The Morgan fingerprint density at radius 1 is 0.943 bits per heavy atom. The molecule has 0 unspecified atom stereocenters. The third kappa shape index (κ3) is 7.88. The van der Waals surface area contributed by atoms with Crippen LogP contribution in [0, 0.1) is 0 Å². The van der Waals surface area contributed by atoms with Gasteiger partial charge in [-0.2, -0.15) is 14.6 Å². The molecule has 3 rings (SSSR count). The number of amides is 3. The highest BCUT2D eigenvalue weighted by Gasteiger charge is 2.13. The van der Waals surface area contributed by atoms with Gasteiger partial charge in [0.05, 0.1) is 0 Å². The van der Waals surface area contributed by atoms with Crippen LogP contribution in [-0.2, 0) is 4.79 Å². The smallest absolute Gasteiger partial charge is 0.333 e. The lowest BCUT2D eigenvalue weighted by Gasteiger charge is -2.07. The minimum atomic E-state index is -0.439. The van der Waals surface area contributed by atoms with Crippen LogP contribution in [0.15, 0.2) is 0 Å². The van der Waals surface area contributed by atoms with E-state index < -0.39 is 6.03 Å². The number of rotatable bonds is 13. The summed E-state index contributed by atoms with van der Waals surface area (Å²) in [6.07, 6.45) is 2.50. The molecule has 0 aromatic carbocycles. The van der Waals surface area contributed by atoms with E-state index in [2.05, 4.69) is 83.3 Å². The van der Waals surface area contributed by atoms with Crippen molar-refractivity contribution < 1.29 is 9.59 Å². The van der Waals surface area contributed by atoms with Gasteiger partial charge in [-0.1, -0.05) is 0 Å². The van der Waals surface area contributed by atoms with Crippen LogP contribution < -0.4 is 43.4 Å². The van der Waals surface area contributed by atoms with Crippen LogP contribution >= 0.6 is 0 Å². The summed E-state index contributed by atoms with van der Waals surface area (Å²) in [6, 6.07) is -0.439. The molecular formula is C15H26N18O2. The molecule has 35 heavy (non-hydrogen) atoms. The monoisotopic (exact) mass is 490 g/mol. The predicted molar refractivity (Wildman–Crippen MR) is 122 cm³/mol. The molecule has 0 fully saturated rings. The van der Waals surface area contributed by atoms with Gasteiger partial charge in [-0.3, -0.25) is 21.0 Å². The molecule has 0 atom stereocenters. The summed E-state index contributed by atoms with van der Waals surface area (Å²) in [7, 11) is 1.65. The maximum Gasteiger partial charge on any atom is 0.333 e. The van der Waals surface area contributed by atoms with E-state index in [9.17, 15) is 9.59 Å². The van der Waals surface area contributed by atoms with Gasteiger partial charge in [0.25, 0.3) is 23.8 Å². The number of aromatic amines is 1. The molecule has 0 aliphatic heterocycles. The summed E-state index contributed by atoms with van der Waals surface area (Å²) >= 11 is 0. The van der Waals surface area contributed by atoms with Crippen LogP contribution in [0.3, 0.4) is 0 Å². The highest BCUT2D eigenvalue weighted by Crippen LogP contribution is 2.10. The molecule has 0 radical (unpaired) electrons. The summed E-state index contributed by atoms with van der Waals surface area (Å²) in [6.45, 7) is 2.58. The summed E-state index contributed by atoms with van der Waals surface area (Å²) in [4.78, 5) is 30.6. The number of nitrogen functional groups attached to an aromatic ring is 1. The first-order valence-electron chi connectivity index (χ1n) is 10.4. The Kier molecular flexibility index (Phi) is 8.76. The lowest BCUT2D eigenvalue weighted by molar-refractivity contribution is -0.118. The number of urea groups is 1. The Morgan fingerprint density at radius 3 is 2.40 bits per heavy atom. The van der Waals surface area contributed by atoms with Gasteiger partial charge in [-0.25, -0.2) is 20.7 Å². The molecule has 3 amide bonds. The van der Waals surface area contributed by atoms with Crippen molar-refractivity contribution in [3.05, 3.63) is 0 Å². The van der Waals surface area contributed by atoms with Crippen molar-refractivity contribution in [2.75, 3.05) is 42.0 Å². The number of nitrogens with one attached hydrogen (secondary N) is 8. The molecule has 10 N–H and O–H groups in total. The van der Waals surface area contributed by atoms with Crippen molar-refractivity contribution in [3.8, 4) is 5.95 Å². The number of hydrogen-bond acceptors (Lipinski definition) is 15.